The van der Waals surface area contributed by atoms with E-state index in [9.17, 15) is 8.42 Å². The topological polar surface area (TPSA) is 55.2 Å². The number of aromatic nitrogens is 2. The van der Waals surface area contributed by atoms with E-state index >= 15 is 0 Å². The SMILES string of the molecule is CCCCN(c1ccccc1)S(=O)(=O)c1cn(C)c(C)n1. The number of aryl methyl sites for hydroxylation is 2. The molecular formula is C15H21N3O2S. The maximum absolute atomic E-state index is 12.9. The van der Waals surface area contributed by atoms with E-state index in [4.69, 9.17) is 0 Å². The largest absolute Gasteiger partial charge is 0.337 e. The van der Waals surface area contributed by atoms with Crippen LogP contribution in [0.3, 0.4) is 0 Å². The molecule has 6 heteroatoms. The van der Waals surface area contributed by atoms with Gasteiger partial charge < -0.3 is 4.57 Å². The summed E-state index contributed by atoms with van der Waals surface area (Å²) in [6.07, 6.45) is 3.30. The number of nitrogens with zero attached hydrogens (tertiary/aromatic N) is 3. The normalized spacial score (nSPS) is 11.6. The summed E-state index contributed by atoms with van der Waals surface area (Å²) >= 11 is 0. The number of benzene rings is 1. The molecule has 0 saturated heterocycles. The van der Waals surface area contributed by atoms with Crippen LogP contribution >= 0.6 is 0 Å². The van der Waals surface area contributed by atoms with Gasteiger partial charge in [-0.1, -0.05) is 31.5 Å². The lowest BCUT2D eigenvalue weighted by Crippen LogP contribution is -2.32. The van der Waals surface area contributed by atoms with Crippen molar-refractivity contribution in [3.05, 3.63) is 42.4 Å². The van der Waals surface area contributed by atoms with Crippen LogP contribution in [-0.2, 0) is 17.1 Å². The fourth-order valence-corrected chi connectivity index (χ4v) is 3.58. The number of anilines is 1. The van der Waals surface area contributed by atoms with Crippen LogP contribution < -0.4 is 4.31 Å². The zero-order valence-corrected chi connectivity index (χ0v) is 13.5. The van der Waals surface area contributed by atoms with Crippen LogP contribution in [0.5, 0.6) is 0 Å². The molecule has 0 saturated carbocycles. The smallest absolute Gasteiger partial charge is 0.283 e. The molecule has 0 bridgehead atoms. The van der Waals surface area contributed by atoms with Gasteiger partial charge in [-0.25, -0.2) is 4.98 Å². The Kier molecular flexibility index (Phi) is 4.67. The summed E-state index contributed by atoms with van der Waals surface area (Å²) in [6.45, 7) is 4.29. The molecule has 0 atom stereocenters. The van der Waals surface area contributed by atoms with Crippen molar-refractivity contribution >= 4 is 15.7 Å². The van der Waals surface area contributed by atoms with Gasteiger partial charge in [0.05, 0.1) is 5.69 Å². The van der Waals surface area contributed by atoms with Gasteiger partial charge in [0.15, 0.2) is 5.03 Å². The lowest BCUT2D eigenvalue weighted by molar-refractivity contribution is 0.585. The molecule has 5 nitrogen and oxygen atoms in total. The molecule has 2 aromatic rings. The summed E-state index contributed by atoms with van der Waals surface area (Å²) in [5.74, 6) is 0.678. The van der Waals surface area contributed by atoms with Crippen LogP contribution in [-0.4, -0.2) is 24.5 Å². The summed E-state index contributed by atoms with van der Waals surface area (Å²) in [5.41, 5.74) is 0.675. The molecule has 0 aliphatic carbocycles. The van der Waals surface area contributed by atoms with Crippen LogP contribution in [0.25, 0.3) is 0 Å². The Bertz CT molecular complexity index is 673. The molecule has 21 heavy (non-hydrogen) atoms. The first-order valence-corrected chi connectivity index (χ1v) is 8.48. The Morgan fingerprint density at radius 3 is 2.43 bits per heavy atom. The Morgan fingerprint density at radius 1 is 1.24 bits per heavy atom. The molecule has 0 radical (unpaired) electrons. The Morgan fingerprint density at radius 2 is 1.90 bits per heavy atom. The average molecular weight is 307 g/mol. The van der Waals surface area contributed by atoms with E-state index in [1.54, 1.807) is 24.7 Å². The summed E-state index contributed by atoms with van der Waals surface area (Å²) < 4.78 is 28.9. The van der Waals surface area contributed by atoms with E-state index in [0.717, 1.165) is 12.8 Å². The number of hydrogen-bond acceptors (Lipinski definition) is 3. The number of sulfonamides is 1. The molecule has 0 unspecified atom stereocenters. The van der Waals surface area contributed by atoms with E-state index in [2.05, 4.69) is 4.98 Å². The van der Waals surface area contributed by atoms with Gasteiger partial charge in [0, 0.05) is 19.8 Å². The summed E-state index contributed by atoms with van der Waals surface area (Å²) in [7, 11) is -1.83. The maximum Gasteiger partial charge on any atom is 0.283 e. The summed E-state index contributed by atoms with van der Waals surface area (Å²) in [6, 6.07) is 9.17. The number of rotatable bonds is 6. The fourth-order valence-electron chi connectivity index (χ4n) is 2.05. The molecule has 0 N–H and O–H groups in total. The molecule has 114 valence electrons. The minimum absolute atomic E-state index is 0.0995. The number of hydrogen-bond donors (Lipinski definition) is 0. The first-order valence-electron chi connectivity index (χ1n) is 7.04. The zero-order valence-electron chi connectivity index (χ0n) is 12.7. The van der Waals surface area contributed by atoms with Gasteiger partial charge in [-0.3, -0.25) is 4.31 Å². The van der Waals surface area contributed by atoms with Crippen LogP contribution in [0.4, 0.5) is 5.69 Å². The highest BCUT2D eigenvalue weighted by Gasteiger charge is 2.27. The van der Waals surface area contributed by atoms with Gasteiger partial charge in [-0.15, -0.1) is 0 Å². The third kappa shape index (κ3) is 3.26. The van der Waals surface area contributed by atoms with E-state index in [1.165, 1.54) is 4.31 Å². The maximum atomic E-state index is 12.9. The first-order chi connectivity index (χ1) is 9.96. The number of para-hydroxylation sites is 1. The zero-order chi connectivity index (χ0) is 15.5. The average Bonchev–Trinajstić information content (AvgIpc) is 2.81. The third-order valence-electron chi connectivity index (χ3n) is 3.40. The highest BCUT2D eigenvalue weighted by atomic mass is 32.2. The predicted molar refractivity (Wildman–Crippen MR) is 83.8 cm³/mol. The lowest BCUT2D eigenvalue weighted by atomic mass is 10.3. The third-order valence-corrected chi connectivity index (χ3v) is 5.10. The van der Waals surface area contributed by atoms with E-state index in [-0.39, 0.29) is 5.03 Å². The van der Waals surface area contributed by atoms with Crippen LogP contribution in [0.2, 0.25) is 0 Å². The van der Waals surface area contributed by atoms with Gasteiger partial charge in [-0.2, -0.15) is 8.42 Å². The van der Waals surface area contributed by atoms with Crippen molar-refractivity contribution in [1.82, 2.24) is 9.55 Å². The molecule has 0 spiro atoms. The van der Waals surface area contributed by atoms with Crippen molar-refractivity contribution in [2.45, 2.75) is 31.7 Å². The Labute approximate surface area is 126 Å². The molecular weight excluding hydrogens is 286 g/mol. The number of imidazole rings is 1. The fraction of sp³-hybridized carbons (Fsp3) is 0.400. The summed E-state index contributed by atoms with van der Waals surface area (Å²) in [4.78, 5) is 4.17. The van der Waals surface area contributed by atoms with Gasteiger partial charge in [0.2, 0.25) is 0 Å². The van der Waals surface area contributed by atoms with Crippen molar-refractivity contribution < 1.29 is 8.42 Å². The highest BCUT2D eigenvalue weighted by molar-refractivity contribution is 7.92. The molecule has 2 rings (SSSR count). The van der Waals surface area contributed by atoms with Crippen molar-refractivity contribution in [1.29, 1.82) is 0 Å². The predicted octanol–water partition coefficient (Wildman–Crippen LogP) is 2.72. The monoisotopic (exact) mass is 307 g/mol. The molecule has 0 amide bonds. The lowest BCUT2D eigenvalue weighted by Gasteiger charge is -2.23. The second-order valence-corrected chi connectivity index (χ2v) is 6.81. The van der Waals surface area contributed by atoms with E-state index in [1.807, 2.05) is 37.3 Å². The minimum Gasteiger partial charge on any atom is -0.337 e. The Hall–Kier alpha value is -1.82. The minimum atomic E-state index is -3.63. The highest BCUT2D eigenvalue weighted by Crippen LogP contribution is 2.23. The Balaban J connectivity index is 2.44. The van der Waals surface area contributed by atoms with Gasteiger partial charge in [0.1, 0.15) is 5.82 Å². The standard InChI is InChI=1S/C15H21N3O2S/c1-4-5-11-18(14-9-7-6-8-10-14)21(19,20)15-12-17(3)13(2)16-15/h6-10,12H,4-5,11H2,1-3H3. The summed E-state index contributed by atoms with van der Waals surface area (Å²) in [5, 5.41) is 0.0995. The van der Waals surface area contributed by atoms with Gasteiger partial charge >= 0.3 is 0 Å². The van der Waals surface area contributed by atoms with Crippen molar-refractivity contribution in [2.24, 2.45) is 7.05 Å². The molecule has 0 aliphatic rings. The second kappa shape index (κ2) is 6.30. The quantitative estimate of drug-likeness (QED) is 0.824. The number of unbranched alkanes of at least 4 members (excludes halogenated alkanes) is 1. The molecule has 1 aromatic heterocycles. The van der Waals surface area contributed by atoms with Crippen molar-refractivity contribution in [3.8, 4) is 0 Å². The van der Waals surface area contributed by atoms with Crippen LogP contribution in [0.15, 0.2) is 41.6 Å². The molecule has 1 heterocycles. The molecule has 0 fully saturated rings. The van der Waals surface area contributed by atoms with Gasteiger partial charge in [0.25, 0.3) is 10.0 Å². The van der Waals surface area contributed by atoms with Crippen LogP contribution in [0, 0.1) is 6.92 Å². The van der Waals surface area contributed by atoms with Gasteiger partial charge in [-0.05, 0) is 25.5 Å². The molecule has 1 aromatic carbocycles. The molecule has 0 aliphatic heterocycles. The second-order valence-electron chi connectivity index (χ2n) is 5.00. The van der Waals surface area contributed by atoms with E-state index < -0.39 is 10.0 Å². The van der Waals surface area contributed by atoms with Crippen LogP contribution in [0.1, 0.15) is 25.6 Å². The first kappa shape index (κ1) is 15.6. The van der Waals surface area contributed by atoms with Crippen molar-refractivity contribution in [2.75, 3.05) is 10.8 Å². The van der Waals surface area contributed by atoms with E-state index in [0.29, 0.717) is 18.1 Å². The van der Waals surface area contributed by atoms with Crippen molar-refractivity contribution in [3.63, 3.8) is 0 Å².